The van der Waals surface area contributed by atoms with Crippen molar-refractivity contribution in [1.82, 2.24) is 4.90 Å². The number of hydrogen-bond donors (Lipinski definition) is 1. The maximum Gasteiger partial charge on any atom is 0.258 e. The highest BCUT2D eigenvalue weighted by molar-refractivity contribution is 6.01. The van der Waals surface area contributed by atoms with Crippen molar-refractivity contribution < 1.29 is 14.3 Å². The first-order chi connectivity index (χ1) is 12.2. The second-order valence-electron chi connectivity index (χ2n) is 5.68. The van der Waals surface area contributed by atoms with Crippen LogP contribution in [0.2, 0.25) is 0 Å². The predicted molar refractivity (Wildman–Crippen MR) is 98.2 cm³/mol. The van der Waals surface area contributed by atoms with E-state index in [1.165, 1.54) is 0 Å². The monoisotopic (exact) mass is 338 g/mol. The number of nitrogens with zero attached hydrogens (tertiary/aromatic N) is 1. The first kappa shape index (κ1) is 16.9. The van der Waals surface area contributed by atoms with Gasteiger partial charge in [0.2, 0.25) is 0 Å². The van der Waals surface area contributed by atoms with Crippen LogP contribution < -0.4 is 14.8 Å². The first-order valence-corrected chi connectivity index (χ1v) is 8.27. The van der Waals surface area contributed by atoms with E-state index in [-0.39, 0.29) is 12.1 Å². The van der Waals surface area contributed by atoms with Crippen molar-refractivity contribution in [2.24, 2.45) is 0 Å². The molecule has 0 saturated heterocycles. The molecule has 1 aliphatic heterocycles. The number of para-hydroxylation sites is 1. The van der Waals surface area contributed by atoms with Crippen molar-refractivity contribution in [1.29, 1.82) is 0 Å². The quantitative estimate of drug-likeness (QED) is 0.813. The van der Waals surface area contributed by atoms with Gasteiger partial charge in [-0.1, -0.05) is 24.3 Å². The van der Waals surface area contributed by atoms with E-state index in [9.17, 15) is 4.79 Å². The maximum absolute atomic E-state index is 12.9. The number of methoxy groups -OCH3 is 1. The van der Waals surface area contributed by atoms with Crippen molar-refractivity contribution in [3.8, 4) is 11.5 Å². The van der Waals surface area contributed by atoms with Crippen LogP contribution in [0, 0.1) is 0 Å². The molecule has 1 heterocycles. The lowest BCUT2D eigenvalue weighted by atomic mass is 10.0. The Morgan fingerprint density at radius 1 is 1.24 bits per heavy atom. The van der Waals surface area contributed by atoms with E-state index in [0.29, 0.717) is 30.2 Å². The standard InChI is InChI=1S/C20H22N2O3/c1-4-12-22-19(21-16-9-7-6-8-15(16)20(22)23)14-10-11-17(24-3)18(13-14)25-5-2/h4,6-11,13,19,21H,1,5,12H2,2-3H3. The molecule has 0 aliphatic carbocycles. The third kappa shape index (κ3) is 3.18. The molecule has 3 rings (SSSR count). The minimum Gasteiger partial charge on any atom is -0.493 e. The summed E-state index contributed by atoms with van der Waals surface area (Å²) in [5.74, 6) is 1.31. The molecular weight excluding hydrogens is 316 g/mol. The molecule has 1 atom stereocenters. The van der Waals surface area contributed by atoms with Gasteiger partial charge in [0, 0.05) is 12.2 Å². The molecule has 0 bridgehead atoms. The van der Waals surface area contributed by atoms with Gasteiger partial charge in [0.15, 0.2) is 11.5 Å². The van der Waals surface area contributed by atoms with Gasteiger partial charge >= 0.3 is 0 Å². The summed E-state index contributed by atoms with van der Waals surface area (Å²) >= 11 is 0. The van der Waals surface area contributed by atoms with E-state index < -0.39 is 0 Å². The van der Waals surface area contributed by atoms with E-state index in [0.717, 1.165) is 11.3 Å². The van der Waals surface area contributed by atoms with Crippen LogP contribution in [0.1, 0.15) is 29.0 Å². The largest absolute Gasteiger partial charge is 0.493 e. The van der Waals surface area contributed by atoms with Gasteiger partial charge < -0.3 is 19.7 Å². The molecule has 130 valence electrons. The SMILES string of the molecule is C=CCN1C(=O)c2ccccc2NC1c1ccc(OC)c(OCC)c1. The van der Waals surface area contributed by atoms with E-state index in [2.05, 4.69) is 11.9 Å². The lowest BCUT2D eigenvalue weighted by Gasteiger charge is -2.37. The summed E-state index contributed by atoms with van der Waals surface area (Å²) < 4.78 is 11.0. The molecule has 5 heteroatoms. The van der Waals surface area contributed by atoms with Crippen molar-refractivity contribution in [2.75, 3.05) is 25.6 Å². The zero-order chi connectivity index (χ0) is 17.8. The van der Waals surface area contributed by atoms with Crippen LogP contribution in [0.5, 0.6) is 11.5 Å². The number of nitrogens with one attached hydrogen (secondary N) is 1. The molecule has 0 spiro atoms. The molecule has 5 nitrogen and oxygen atoms in total. The number of benzene rings is 2. The van der Waals surface area contributed by atoms with E-state index in [1.54, 1.807) is 18.1 Å². The van der Waals surface area contributed by atoms with Gasteiger partial charge in [-0.15, -0.1) is 6.58 Å². The predicted octanol–water partition coefficient (Wildman–Crippen LogP) is 3.85. The van der Waals surface area contributed by atoms with Gasteiger partial charge in [0.1, 0.15) is 6.17 Å². The number of anilines is 1. The molecule has 1 N–H and O–H groups in total. The molecule has 0 fully saturated rings. The summed E-state index contributed by atoms with van der Waals surface area (Å²) in [6.45, 7) is 6.69. The first-order valence-electron chi connectivity index (χ1n) is 8.27. The fourth-order valence-corrected chi connectivity index (χ4v) is 3.02. The number of amides is 1. The molecule has 2 aromatic rings. The van der Waals surface area contributed by atoms with Crippen LogP contribution in [-0.4, -0.2) is 31.1 Å². The molecule has 1 aliphatic rings. The summed E-state index contributed by atoms with van der Waals surface area (Å²) in [7, 11) is 1.61. The lowest BCUT2D eigenvalue weighted by molar-refractivity contribution is 0.0707. The van der Waals surface area contributed by atoms with Crippen LogP contribution in [0.3, 0.4) is 0 Å². The lowest BCUT2D eigenvalue weighted by Crippen LogP contribution is -2.42. The van der Waals surface area contributed by atoms with Crippen LogP contribution >= 0.6 is 0 Å². The highest BCUT2D eigenvalue weighted by Gasteiger charge is 2.32. The second kappa shape index (κ2) is 7.30. The third-order valence-corrected chi connectivity index (χ3v) is 4.15. The summed E-state index contributed by atoms with van der Waals surface area (Å²) in [4.78, 5) is 14.7. The van der Waals surface area contributed by atoms with Crippen molar-refractivity contribution in [2.45, 2.75) is 13.1 Å². The highest BCUT2D eigenvalue weighted by Crippen LogP contribution is 2.36. The van der Waals surface area contributed by atoms with Crippen molar-refractivity contribution in [3.63, 3.8) is 0 Å². The number of fused-ring (bicyclic) bond motifs is 1. The van der Waals surface area contributed by atoms with Crippen LogP contribution in [-0.2, 0) is 0 Å². The fourth-order valence-electron chi connectivity index (χ4n) is 3.02. The molecule has 0 saturated carbocycles. The average molecular weight is 338 g/mol. The zero-order valence-corrected chi connectivity index (χ0v) is 14.5. The Kier molecular flexibility index (Phi) is 4.93. The van der Waals surface area contributed by atoms with Gasteiger partial charge in [-0.2, -0.15) is 0 Å². The Morgan fingerprint density at radius 2 is 2.04 bits per heavy atom. The Balaban J connectivity index is 2.03. The van der Waals surface area contributed by atoms with Crippen LogP contribution in [0.25, 0.3) is 0 Å². The van der Waals surface area contributed by atoms with Gasteiger partial charge in [-0.3, -0.25) is 4.79 Å². The topological polar surface area (TPSA) is 50.8 Å². The number of hydrogen-bond acceptors (Lipinski definition) is 4. The fraction of sp³-hybridized carbons (Fsp3) is 0.250. The zero-order valence-electron chi connectivity index (χ0n) is 14.5. The van der Waals surface area contributed by atoms with Gasteiger partial charge in [0.25, 0.3) is 5.91 Å². The summed E-state index contributed by atoms with van der Waals surface area (Å²) in [5.41, 5.74) is 2.42. The molecule has 25 heavy (non-hydrogen) atoms. The molecule has 1 amide bonds. The molecule has 0 radical (unpaired) electrons. The molecule has 1 unspecified atom stereocenters. The maximum atomic E-state index is 12.9. The van der Waals surface area contributed by atoms with E-state index in [4.69, 9.17) is 9.47 Å². The number of carbonyl (C=O) groups is 1. The van der Waals surface area contributed by atoms with Crippen molar-refractivity contribution >= 4 is 11.6 Å². The Labute approximate surface area is 147 Å². The van der Waals surface area contributed by atoms with Crippen LogP contribution in [0.4, 0.5) is 5.69 Å². The Bertz CT molecular complexity index is 788. The number of rotatable bonds is 6. The van der Waals surface area contributed by atoms with Gasteiger partial charge in [-0.25, -0.2) is 0 Å². The summed E-state index contributed by atoms with van der Waals surface area (Å²) in [6, 6.07) is 13.2. The van der Waals surface area contributed by atoms with Gasteiger partial charge in [0.05, 0.1) is 19.3 Å². The van der Waals surface area contributed by atoms with E-state index in [1.807, 2.05) is 49.4 Å². The molecule has 2 aromatic carbocycles. The minimum atomic E-state index is -0.300. The number of carbonyl (C=O) groups excluding carboxylic acids is 1. The van der Waals surface area contributed by atoms with E-state index >= 15 is 0 Å². The average Bonchev–Trinajstić information content (AvgIpc) is 2.64. The third-order valence-electron chi connectivity index (χ3n) is 4.15. The second-order valence-corrected chi connectivity index (χ2v) is 5.68. The molecule has 0 aromatic heterocycles. The van der Waals surface area contributed by atoms with Crippen molar-refractivity contribution in [3.05, 3.63) is 66.2 Å². The number of ether oxygens (including phenoxy) is 2. The summed E-state index contributed by atoms with van der Waals surface area (Å²) in [5, 5.41) is 3.45. The molecular formula is C20H22N2O3. The smallest absolute Gasteiger partial charge is 0.258 e. The normalized spacial score (nSPS) is 16.0. The minimum absolute atomic E-state index is 0.0203. The Hall–Kier alpha value is -2.95. The van der Waals surface area contributed by atoms with Crippen LogP contribution in [0.15, 0.2) is 55.1 Å². The van der Waals surface area contributed by atoms with Gasteiger partial charge in [-0.05, 0) is 36.8 Å². The summed E-state index contributed by atoms with van der Waals surface area (Å²) in [6.07, 6.45) is 1.43. The Morgan fingerprint density at radius 3 is 2.76 bits per heavy atom. The highest BCUT2D eigenvalue weighted by atomic mass is 16.5.